The van der Waals surface area contributed by atoms with Crippen LogP contribution in [0.1, 0.15) is 20.3 Å². The number of carbonyl (C=O) groups excluding carboxylic acids is 1. The zero-order valence-corrected chi connectivity index (χ0v) is 7.75. The summed E-state index contributed by atoms with van der Waals surface area (Å²) in [5.41, 5.74) is 0.898. The normalized spacial score (nSPS) is 21.3. The molecule has 0 aromatic heterocycles. The number of carbonyl (C=O) groups is 1. The third kappa shape index (κ3) is 1.99. The Hall–Kier alpha value is -0.440. The second-order valence-corrected chi connectivity index (χ2v) is 3.61. The molecule has 1 saturated heterocycles. The molecule has 11 heavy (non-hydrogen) atoms. The molecule has 3 heteroatoms. The summed E-state index contributed by atoms with van der Waals surface area (Å²) in [5, 5.41) is 4.27. The lowest BCUT2D eigenvalue weighted by atomic mass is 10.2. The molecule has 1 N–H and O–H groups in total. The van der Waals surface area contributed by atoms with E-state index < -0.39 is 0 Å². The van der Waals surface area contributed by atoms with Crippen molar-refractivity contribution < 1.29 is 4.79 Å². The van der Waals surface area contributed by atoms with Gasteiger partial charge in [-0.3, -0.25) is 4.79 Å². The van der Waals surface area contributed by atoms with Gasteiger partial charge in [-0.2, -0.15) is 0 Å². The predicted octanol–water partition coefficient (Wildman–Crippen LogP) is 1.53. The van der Waals surface area contributed by atoms with Crippen molar-refractivity contribution in [1.29, 1.82) is 0 Å². The number of rotatable bonds is 2. The van der Waals surface area contributed by atoms with Gasteiger partial charge in [-0.1, -0.05) is 6.92 Å². The Balaban J connectivity index is 2.69. The van der Waals surface area contributed by atoms with Gasteiger partial charge in [0, 0.05) is 24.3 Å². The van der Waals surface area contributed by atoms with Gasteiger partial charge in [-0.25, -0.2) is 0 Å². The fraction of sp³-hybridized carbons (Fsp3) is 0.625. The van der Waals surface area contributed by atoms with Crippen LogP contribution in [0.3, 0.4) is 0 Å². The summed E-state index contributed by atoms with van der Waals surface area (Å²) in [5.74, 6) is 1.34. The molecular formula is C8H13NOS. The molecule has 0 bridgehead atoms. The Morgan fingerprint density at radius 1 is 1.73 bits per heavy atom. The van der Waals surface area contributed by atoms with Gasteiger partial charge >= 0.3 is 0 Å². The van der Waals surface area contributed by atoms with E-state index in [4.69, 9.17) is 0 Å². The standard InChI is InChI=1S/C8H13NOS/c1-3-7(10)6(2)8-9-4-5-11-8/h9H,3-5H2,1-2H3/b8-6-. The number of hydrogen-bond acceptors (Lipinski definition) is 3. The van der Waals surface area contributed by atoms with Crippen molar-refractivity contribution in [2.75, 3.05) is 12.3 Å². The van der Waals surface area contributed by atoms with Gasteiger partial charge in [0.2, 0.25) is 0 Å². The maximum atomic E-state index is 11.2. The smallest absolute Gasteiger partial charge is 0.160 e. The van der Waals surface area contributed by atoms with Gasteiger partial charge in [0.05, 0.1) is 5.03 Å². The van der Waals surface area contributed by atoms with Gasteiger partial charge in [0.25, 0.3) is 0 Å². The molecule has 0 spiro atoms. The molecule has 0 radical (unpaired) electrons. The van der Waals surface area contributed by atoms with Crippen LogP contribution in [0.15, 0.2) is 10.6 Å². The fourth-order valence-corrected chi connectivity index (χ4v) is 1.94. The van der Waals surface area contributed by atoms with E-state index in [0.29, 0.717) is 6.42 Å². The van der Waals surface area contributed by atoms with E-state index in [2.05, 4.69) is 5.32 Å². The van der Waals surface area contributed by atoms with E-state index in [1.807, 2.05) is 13.8 Å². The van der Waals surface area contributed by atoms with Gasteiger partial charge in [0.1, 0.15) is 0 Å². The van der Waals surface area contributed by atoms with Crippen molar-refractivity contribution in [3.8, 4) is 0 Å². The number of hydrogen-bond donors (Lipinski definition) is 1. The van der Waals surface area contributed by atoms with Gasteiger partial charge in [-0.05, 0) is 6.92 Å². The number of thioether (sulfide) groups is 1. The summed E-state index contributed by atoms with van der Waals surface area (Å²) in [6.07, 6.45) is 0.609. The largest absolute Gasteiger partial charge is 0.379 e. The van der Waals surface area contributed by atoms with E-state index in [-0.39, 0.29) is 5.78 Å². The van der Waals surface area contributed by atoms with Crippen molar-refractivity contribution in [2.45, 2.75) is 20.3 Å². The Labute approximate surface area is 71.4 Å². The molecule has 0 saturated carbocycles. The summed E-state index contributed by atoms with van der Waals surface area (Å²) in [4.78, 5) is 11.2. The molecule has 1 heterocycles. The molecule has 1 rings (SSSR count). The first-order valence-corrected chi connectivity index (χ1v) is 4.85. The zero-order chi connectivity index (χ0) is 8.27. The molecule has 2 nitrogen and oxygen atoms in total. The maximum absolute atomic E-state index is 11.2. The van der Waals surface area contributed by atoms with E-state index in [1.54, 1.807) is 11.8 Å². The Bertz CT molecular complexity index is 190. The lowest BCUT2D eigenvalue weighted by Crippen LogP contribution is -2.09. The third-order valence-electron chi connectivity index (χ3n) is 1.71. The number of allylic oxidation sites excluding steroid dienone is 1. The van der Waals surface area contributed by atoms with Crippen molar-refractivity contribution in [1.82, 2.24) is 5.32 Å². The highest BCUT2D eigenvalue weighted by molar-refractivity contribution is 8.03. The number of nitrogens with one attached hydrogen (secondary N) is 1. The number of Topliss-reactive ketones (excluding diaryl/α,β-unsaturated/α-hetero) is 1. The van der Waals surface area contributed by atoms with Crippen LogP contribution in [-0.4, -0.2) is 18.1 Å². The molecule has 62 valence electrons. The van der Waals surface area contributed by atoms with Crippen LogP contribution in [0, 0.1) is 0 Å². The van der Waals surface area contributed by atoms with Gasteiger partial charge in [0.15, 0.2) is 5.78 Å². The third-order valence-corrected chi connectivity index (χ3v) is 2.86. The zero-order valence-electron chi connectivity index (χ0n) is 6.94. The highest BCUT2D eigenvalue weighted by atomic mass is 32.2. The molecular weight excluding hydrogens is 158 g/mol. The van der Waals surface area contributed by atoms with Crippen molar-refractivity contribution in [3.63, 3.8) is 0 Å². The van der Waals surface area contributed by atoms with E-state index in [9.17, 15) is 4.79 Å². The minimum absolute atomic E-state index is 0.252. The maximum Gasteiger partial charge on any atom is 0.160 e. The SMILES string of the molecule is CCC(=O)/C(C)=C1/NCCS1. The lowest BCUT2D eigenvalue weighted by molar-refractivity contribution is -0.115. The Morgan fingerprint density at radius 3 is 2.91 bits per heavy atom. The summed E-state index contributed by atoms with van der Waals surface area (Å²) < 4.78 is 0. The molecule has 1 aliphatic heterocycles. The van der Waals surface area contributed by atoms with Crippen LogP contribution in [0.4, 0.5) is 0 Å². The summed E-state index contributed by atoms with van der Waals surface area (Å²) in [7, 11) is 0. The average Bonchev–Trinajstić information content (AvgIpc) is 2.53. The topological polar surface area (TPSA) is 29.1 Å². The second kappa shape index (κ2) is 3.81. The van der Waals surface area contributed by atoms with Crippen LogP contribution in [-0.2, 0) is 4.79 Å². The van der Waals surface area contributed by atoms with Crippen molar-refractivity contribution in [2.24, 2.45) is 0 Å². The summed E-state index contributed by atoms with van der Waals surface area (Å²) in [6, 6.07) is 0. The molecule has 1 fully saturated rings. The average molecular weight is 171 g/mol. The fourth-order valence-electron chi connectivity index (χ4n) is 1.00. The monoisotopic (exact) mass is 171 g/mol. The van der Waals surface area contributed by atoms with Crippen LogP contribution in [0.5, 0.6) is 0 Å². The van der Waals surface area contributed by atoms with Crippen LogP contribution in [0.2, 0.25) is 0 Å². The van der Waals surface area contributed by atoms with Crippen LogP contribution in [0.25, 0.3) is 0 Å². The predicted molar refractivity (Wildman–Crippen MR) is 48.5 cm³/mol. The number of ketones is 1. The van der Waals surface area contributed by atoms with Crippen LogP contribution < -0.4 is 5.32 Å². The second-order valence-electron chi connectivity index (χ2n) is 2.51. The van der Waals surface area contributed by atoms with E-state index >= 15 is 0 Å². The van der Waals surface area contributed by atoms with Crippen molar-refractivity contribution >= 4 is 17.5 Å². The quantitative estimate of drug-likeness (QED) is 0.639. The van der Waals surface area contributed by atoms with Gasteiger partial charge < -0.3 is 5.32 Å². The summed E-state index contributed by atoms with van der Waals surface area (Å²) in [6.45, 7) is 4.78. The molecule has 1 aliphatic rings. The molecule has 0 unspecified atom stereocenters. The molecule has 0 amide bonds. The highest BCUT2D eigenvalue weighted by Crippen LogP contribution is 2.22. The lowest BCUT2D eigenvalue weighted by Gasteiger charge is -2.02. The molecule has 0 aromatic carbocycles. The van der Waals surface area contributed by atoms with Gasteiger partial charge in [-0.15, -0.1) is 11.8 Å². The van der Waals surface area contributed by atoms with E-state index in [0.717, 1.165) is 22.9 Å². The Morgan fingerprint density at radius 2 is 2.45 bits per heavy atom. The molecule has 0 atom stereocenters. The Kier molecular flexibility index (Phi) is 3.00. The molecule has 0 aromatic rings. The minimum Gasteiger partial charge on any atom is -0.379 e. The van der Waals surface area contributed by atoms with Crippen molar-refractivity contribution in [3.05, 3.63) is 10.6 Å². The highest BCUT2D eigenvalue weighted by Gasteiger charge is 2.13. The van der Waals surface area contributed by atoms with E-state index in [1.165, 1.54) is 0 Å². The summed E-state index contributed by atoms with van der Waals surface area (Å²) >= 11 is 1.74. The molecule has 0 aliphatic carbocycles. The first-order chi connectivity index (χ1) is 5.25. The first-order valence-electron chi connectivity index (χ1n) is 3.86. The first kappa shape index (κ1) is 8.65. The minimum atomic E-state index is 0.252. The van der Waals surface area contributed by atoms with Crippen LogP contribution >= 0.6 is 11.8 Å².